The van der Waals surface area contributed by atoms with Gasteiger partial charge in [-0.15, -0.1) is 11.3 Å². The molecule has 0 amide bonds. The van der Waals surface area contributed by atoms with Gasteiger partial charge in [-0.1, -0.05) is 53.2 Å². The van der Waals surface area contributed by atoms with Crippen LogP contribution < -0.4 is 4.90 Å². The van der Waals surface area contributed by atoms with E-state index in [9.17, 15) is 0 Å². The van der Waals surface area contributed by atoms with Gasteiger partial charge >= 0.3 is 0 Å². The zero-order valence-electron chi connectivity index (χ0n) is 11.1. The summed E-state index contributed by atoms with van der Waals surface area (Å²) < 4.78 is 0. The number of thiophene rings is 1. The van der Waals surface area contributed by atoms with E-state index in [1.165, 1.54) is 35.6 Å². The van der Waals surface area contributed by atoms with Crippen LogP contribution in [0.5, 0.6) is 0 Å². The smallest absolute Gasteiger partial charge is 0.0576 e. The average molecular weight is 336 g/mol. The predicted octanol–water partition coefficient (Wildman–Crippen LogP) is 5.02. The summed E-state index contributed by atoms with van der Waals surface area (Å²) in [5.41, 5.74) is 2.75. The zero-order valence-corrected chi connectivity index (χ0v) is 13.5. The molecular formula is C16H18BrNS. The van der Waals surface area contributed by atoms with Crippen molar-refractivity contribution in [3.05, 3.63) is 41.8 Å². The molecule has 2 aromatic rings. The first-order valence-electron chi connectivity index (χ1n) is 6.77. The molecule has 1 fully saturated rings. The molecular weight excluding hydrogens is 318 g/mol. The van der Waals surface area contributed by atoms with Crippen molar-refractivity contribution in [2.45, 2.75) is 18.2 Å². The number of alkyl halides is 1. The van der Waals surface area contributed by atoms with Gasteiger partial charge in [-0.25, -0.2) is 0 Å². The third kappa shape index (κ3) is 2.72. The summed E-state index contributed by atoms with van der Waals surface area (Å²) in [6, 6.07) is 13.0. The van der Waals surface area contributed by atoms with E-state index >= 15 is 0 Å². The maximum absolute atomic E-state index is 3.73. The third-order valence-corrected chi connectivity index (χ3v) is 5.60. The number of anilines is 1. The SMILES string of the molecule is CC(Br)C1CCN(c2ccsc2-c2ccccc2)C1. The first-order valence-corrected chi connectivity index (χ1v) is 8.57. The molecule has 1 aliphatic heterocycles. The van der Waals surface area contributed by atoms with Gasteiger partial charge < -0.3 is 4.90 Å². The molecule has 100 valence electrons. The second kappa shape index (κ2) is 5.68. The van der Waals surface area contributed by atoms with Crippen molar-refractivity contribution in [2.24, 2.45) is 5.92 Å². The molecule has 1 aliphatic rings. The highest BCUT2D eigenvalue weighted by Gasteiger charge is 2.27. The van der Waals surface area contributed by atoms with Gasteiger partial charge in [-0.3, -0.25) is 0 Å². The van der Waals surface area contributed by atoms with Gasteiger partial charge in [-0.2, -0.15) is 0 Å². The van der Waals surface area contributed by atoms with Gasteiger partial charge in [-0.05, 0) is 29.3 Å². The van der Waals surface area contributed by atoms with Crippen LogP contribution in [0.3, 0.4) is 0 Å². The Morgan fingerprint density at radius 3 is 2.74 bits per heavy atom. The lowest BCUT2D eigenvalue weighted by Crippen LogP contribution is -2.21. The topological polar surface area (TPSA) is 3.24 Å². The van der Waals surface area contributed by atoms with Crippen LogP contribution in [0.4, 0.5) is 5.69 Å². The highest BCUT2D eigenvalue weighted by Crippen LogP contribution is 2.39. The third-order valence-electron chi connectivity index (χ3n) is 3.90. The van der Waals surface area contributed by atoms with Crippen LogP contribution in [0.2, 0.25) is 0 Å². The molecule has 1 saturated heterocycles. The molecule has 2 atom stereocenters. The molecule has 0 bridgehead atoms. The second-order valence-electron chi connectivity index (χ2n) is 5.17. The standard InChI is InChI=1S/C16H18BrNS/c1-12(17)14-7-9-18(11-14)15-8-10-19-16(15)13-5-3-2-4-6-13/h2-6,8,10,12,14H,7,9,11H2,1H3. The van der Waals surface area contributed by atoms with E-state index in [4.69, 9.17) is 0 Å². The van der Waals surface area contributed by atoms with E-state index in [0.717, 1.165) is 5.92 Å². The van der Waals surface area contributed by atoms with Crippen LogP contribution >= 0.6 is 27.3 Å². The van der Waals surface area contributed by atoms with Gasteiger partial charge in [0.05, 0.1) is 10.6 Å². The number of benzene rings is 1. The largest absolute Gasteiger partial charge is 0.370 e. The Morgan fingerprint density at radius 1 is 1.26 bits per heavy atom. The molecule has 1 aromatic carbocycles. The Morgan fingerprint density at radius 2 is 2.05 bits per heavy atom. The number of hydrogen-bond acceptors (Lipinski definition) is 2. The number of halogens is 1. The minimum absolute atomic E-state index is 0.608. The van der Waals surface area contributed by atoms with Crippen molar-refractivity contribution in [3.63, 3.8) is 0 Å². The first kappa shape index (κ1) is 13.2. The summed E-state index contributed by atoms with van der Waals surface area (Å²) in [4.78, 5) is 4.56. The van der Waals surface area contributed by atoms with E-state index in [2.05, 4.69) is 69.5 Å². The van der Waals surface area contributed by atoms with E-state index in [0.29, 0.717) is 4.83 Å². The molecule has 0 radical (unpaired) electrons. The van der Waals surface area contributed by atoms with Gasteiger partial charge in [0.1, 0.15) is 0 Å². The summed E-state index contributed by atoms with van der Waals surface area (Å²) >= 11 is 5.58. The van der Waals surface area contributed by atoms with E-state index in [1.54, 1.807) is 0 Å². The van der Waals surface area contributed by atoms with Crippen molar-refractivity contribution in [1.29, 1.82) is 0 Å². The summed E-state index contributed by atoms with van der Waals surface area (Å²) in [7, 11) is 0. The van der Waals surface area contributed by atoms with Crippen molar-refractivity contribution in [2.75, 3.05) is 18.0 Å². The van der Waals surface area contributed by atoms with Crippen LogP contribution in [0, 0.1) is 5.92 Å². The fourth-order valence-electron chi connectivity index (χ4n) is 2.74. The Balaban J connectivity index is 1.86. The van der Waals surface area contributed by atoms with E-state index in [-0.39, 0.29) is 0 Å². The summed E-state index contributed by atoms with van der Waals surface area (Å²) in [5, 5.41) is 2.21. The van der Waals surface area contributed by atoms with E-state index in [1.807, 2.05) is 11.3 Å². The Hall–Kier alpha value is -0.800. The molecule has 0 saturated carbocycles. The van der Waals surface area contributed by atoms with Crippen molar-refractivity contribution in [1.82, 2.24) is 0 Å². The zero-order chi connectivity index (χ0) is 13.2. The minimum Gasteiger partial charge on any atom is -0.370 e. The van der Waals surface area contributed by atoms with Crippen LogP contribution in [0.15, 0.2) is 41.8 Å². The molecule has 1 nitrogen and oxygen atoms in total. The van der Waals surface area contributed by atoms with Gasteiger partial charge in [0, 0.05) is 17.9 Å². The molecule has 19 heavy (non-hydrogen) atoms. The highest BCUT2D eigenvalue weighted by atomic mass is 79.9. The molecule has 3 heteroatoms. The van der Waals surface area contributed by atoms with Crippen LogP contribution in [0.25, 0.3) is 10.4 Å². The summed E-state index contributed by atoms with van der Waals surface area (Å²) in [5.74, 6) is 0.767. The molecule has 2 heterocycles. The lowest BCUT2D eigenvalue weighted by atomic mass is 10.1. The summed E-state index contributed by atoms with van der Waals surface area (Å²) in [6.07, 6.45) is 1.29. The predicted molar refractivity (Wildman–Crippen MR) is 88.5 cm³/mol. The maximum atomic E-state index is 3.73. The van der Waals surface area contributed by atoms with Crippen molar-refractivity contribution >= 4 is 33.0 Å². The monoisotopic (exact) mass is 335 g/mol. The molecule has 3 rings (SSSR count). The normalized spacial score (nSPS) is 20.7. The van der Waals surface area contributed by atoms with Crippen LogP contribution in [-0.4, -0.2) is 17.9 Å². The summed E-state index contributed by atoms with van der Waals surface area (Å²) in [6.45, 7) is 4.61. The molecule has 0 N–H and O–H groups in total. The van der Waals surface area contributed by atoms with Gasteiger partial charge in [0.25, 0.3) is 0 Å². The Kier molecular flexibility index (Phi) is 3.94. The minimum atomic E-state index is 0.608. The number of rotatable bonds is 3. The molecule has 0 aliphatic carbocycles. The van der Waals surface area contributed by atoms with Crippen molar-refractivity contribution in [3.8, 4) is 10.4 Å². The van der Waals surface area contributed by atoms with Crippen LogP contribution in [-0.2, 0) is 0 Å². The molecule has 2 unspecified atom stereocenters. The lowest BCUT2D eigenvalue weighted by molar-refractivity contribution is 0.590. The Labute approximate surface area is 127 Å². The van der Waals surface area contributed by atoms with Crippen LogP contribution in [0.1, 0.15) is 13.3 Å². The second-order valence-corrected chi connectivity index (χ2v) is 7.53. The van der Waals surface area contributed by atoms with Crippen molar-refractivity contribution < 1.29 is 0 Å². The highest BCUT2D eigenvalue weighted by molar-refractivity contribution is 9.09. The lowest BCUT2D eigenvalue weighted by Gasteiger charge is -2.20. The molecule has 0 spiro atoms. The first-order chi connectivity index (χ1) is 9.25. The Bertz CT molecular complexity index is 535. The van der Waals surface area contributed by atoms with Gasteiger partial charge in [0.15, 0.2) is 0 Å². The number of hydrogen-bond donors (Lipinski definition) is 0. The fourth-order valence-corrected chi connectivity index (χ4v) is 4.09. The average Bonchev–Trinajstić information content (AvgIpc) is 3.08. The molecule has 1 aromatic heterocycles. The van der Waals surface area contributed by atoms with Gasteiger partial charge in [0.2, 0.25) is 0 Å². The maximum Gasteiger partial charge on any atom is 0.0576 e. The number of nitrogens with zero attached hydrogens (tertiary/aromatic N) is 1. The fraction of sp³-hybridized carbons (Fsp3) is 0.375. The van der Waals surface area contributed by atoms with E-state index < -0.39 is 0 Å². The quantitative estimate of drug-likeness (QED) is 0.711.